The summed E-state index contributed by atoms with van der Waals surface area (Å²) < 4.78 is 8.08. The highest BCUT2D eigenvalue weighted by atomic mass is 16.5. The molecule has 4 nitrogen and oxygen atoms in total. The molecule has 0 saturated carbocycles. The van der Waals surface area contributed by atoms with Crippen LogP contribution in [0.4, 0.5) is 0 Å². The Morgan fingerprint density at radius 1 is 1.13 bits per heavy atom. The van der Waals surface area contributed by atoms with Crippen molar-refractivity contribution < 1.29 is 4.74 Å². The lowest BCUT2D eigenvalue weighted by Gasteiger charge is -2.19. The van der Waals surface area contributed by atoms with E-state index < -0.39 is 0 Å². The molecule has 3 heterocycles. The maximum absolute atomic E-state index is 5.95. The normalized spacial score (nSPS) is 21.0. The number of fused-ring (bicyclic) bond motifs is 1. The number of hydrogen-bond donors (Lipinski definition) is 1. The van der Waals surface area contributed by atoms with E-state index in [2.05, 4.69) is 51.2 Å². The minimum absolute atomic E-state index is 0.214. The van der Waals surface area contributed by atoms with E-state index in [0.29, 0.717) is 5.92 Å². The molecule has 1 aliphatic heterocycles. The lowest BCUT2D eigenvalue weighted by Crippen LogP contribution is -2.25. The molecule has 1 aromatic carbocycles. The average Bonchev–Trinajstić information content (AvgIpc) is 3.23. The lowest BCUT2D eigenvalue weighted by molar-refractivity contribution is 0.0904. The Kier molecular flexibility index (Phi) is 4.09. The molecule has 1 saturated heterocycles. The van der Waals surface area contributed by atoms with Crippen LogP contribution >= 0.6 is 0 Å². The molecule has 0 spiro atoms. The highest BCUT2D eigenvalue weighted by Crippen LogP contribution is 2.33. The van der Waals surface area contributed by atoms with Crippen molar-refractivity contribution in [2.75, 3.05) is 13.2 Å². The summed E-state index contributed by atoms with van der Waals surface area (Å²) in [6.45, 7) is 2.63. The van der Waals surface area contributed by atoms with E-state index in [1.807, 2.05) is 24.4 Å². The zero-order chi connectivity index (χ0) is 15.5. The number of nitrogens with one attached hydrogen (secondary N) is 1. The summed E-state index contributed by atoms with van der Waals surface area (Å²) >= 11 is 0. The van der Waals surface area contributed by atoms with Gasteiger partial charge in [0.15, 0.2) is 0 Å². The molecule has 0 radical (unpaired) electrons. The van der Waals surface area contributed by atoms with Gasteiger partial charge in [-0.1, -0.05) is 36.4 Å². The molecule has 2 aromatic heterocycles. The molecule has 3 aromatic rings. The van der Waals surface area contributed by atoms with Crippen molar-refractivity contribution in [2.45, 2.75) is 19.1 Å². The van der Waals surface area contributed by atoms with Crippen LogP contribution in [-0.2, 0) is 11.3 Å². The van der Waals surface area contributed by atoms with Crippen molar-refractivity contribution in [2.24, 2.45) is 5.92 Å². The van der Waals surface area contributed by atoms with Crippen LogP contribution in [0.5, 0.6) is 0 Å². The Morgan fingerprint density at radius 3 is 2.91 bits per heavy atom. The summed E-state index contributed by atoms with van der Waals surface area (Å²) in [6, 6.07) is 16.6. The molecule has 1 N–H and O–H groups in total. The standard InChI is InChI=1S/C19H21N3O/c1-2-6-15(7-3-1)19-16(9-11-23-19)12-20-13-17-14-21-18-8-4-5-10-22(17)18/h1-8,10,14,16,19-20H,9,11-13H2/t16-,19-/m1/s1. The molecule has 0 unspecified atom stereocenters. The predicted molar refractivity (Wildman–Crippen MR) is 90.1 cm³/mol. The first-order chi connectivity index (χ1) is 11.4. The topological polar surface area (TPSA) is 38.6 Å². The Morgan fingerprint density at radius 2 is 2.00 bits per heavy atom. The molecule has 0 aliphatic carbocycles. The third-order valence-corrected chi connectivity index (χ3v) is 4.55. The van der Waals surface area contributed by atoms with Crippen molar-refractivity contribution in [1.82, 2.24) is 14.7 Å². The first kappa shape index (κ1) is 14.4. The third-order valence-electron chi connectivity index (χ3n) is 4.55. The molecule has 4 heteroatoms. The Balaban J connectivity index is 1.39. The van der Waals surface area contributed by atoms with Crippen molar-refractivity contribution in [1.29, 1.82) is 0 Å². The highest BCUT2D eigenvalue weighted by molar-refractivity contribution is 5.39. The zero-order valence-corrected chi connectivity index (χ0v) is 13.1. The average molecular weight is 307 g/mol. The van der Waals surface area contributed by atoms with Gasteiger partial charge in [0.2, 0.25) is 0 Å². The van der Waals surface area contributed by atoms with Crippen LogP contribution in [0, 0.1) is 5.92 Å². The van der Waals surface area contributed by atoms with E-state index in [1.165, 1.54) is 11.3 Å². The van der Waals surface area contributed by atoms with Crippen LogP contribution in [0.3, 0.4) is 0 Å². The number of imidazole rings is 1. The summed E-state index contributed by atoms with van der Waals surface area (Å²) in [5, 5.41) is 3.58. The minimum Gasteiger partial charge on any atom is -0.373 e. The number of benzene rings is 1. The lowest BCUT2D eigenvalue weighted by atomic mass is 9.95. The summed E-state index contributed by atoms with van der Waals surface area (Å²) in [7, 11) is 0. The van der Waals surface area contributed by atoms with Gasteiger partial charge in [-0.15, -0.1) is 0 Å². The second-order valence-corrected chi connectivity index (χ2v) is 6.06. The van der Waals surface area contributed by atoms with Gasteiger partial charge in [0, 0.05) is 31.8 Å². The molecule has 1 fully saturated rings. The Bertz CT molecular complexity index is 768. The number of hydrogen-bond acceptors (Lipinski definition) is 3. The predicted octanol–water partition coefficient (Wildman–Crippen LogP) is 3.20. The monoisotopic (exact) mass is 307 g/mol. The molecule has 23 heavy (non-hydrogen) atoms. The number of ether oxygens (including phenoxy) is 1. The van der Waals surface area contributed by atoms with Crippen molar-refractivity contribution in [3.05, 3.63) is 72.2 Å². The van der Waals surface area contributed by atoms with Crippen LogP contribution < -0.4 is 5.32 Å². The first-order valence-corrected chi connectivity index (χ1v) is 8.20. The van der Waals surface area contributed by atoms with E-state index in [-0.39, 0.29) is 6.10 Å². The summed E-state index contributed by atoms with van der Waals surface area (Å²) in [4.78, 5) is 4.43. The van der Waals surface area contributed by atoms with Gasteiger partial charge in [0.25, 0.3) is 0 Å². The van der Waals surface area contributed by atoms with E-state index in [4.69, 9.17) is 4.74 Å². The van der Waals surface area contributed by atoms with Gasteiger partial charge < -0.3 is 14.5 Å². The molecular formula is C19H21N3O. The van der Waals surface area contributed by atoms with Gasteiger partial charge in [-0.2, -0.15) is 0 Å². The van der Waals surface area contributed by atoms with Crippen molar-refractivity contribution in [3.63, 3.8) is 0 Å². The number of rotatable bonds is 5. The molecular weight excluding hydrogens is 286 g/mol. The van der Waals surface area contributed by atoms with Crippen LogP contribution in [0.2, 0.25) is 0 Å². The molecule has 118 valence electrons. The summed E-state index contributed by atoms with van der Waals surface area (Å²) in [6.07, 6.45) is 5.33. The smallest absolute Gasteiger partial charge is 0.136 e. The number of nitrogens with zero attached hydrogens (tertiary/aromatic N) is 2. The fourth-order valence-electron chi connectivity index (χ4n) is 3.36. The van der Waals surface area contributed by atoms with E-state index in [0.717, 1.165) is 31.8 Å². The maximum Gasteiger partial charge on any atom is 0.136 e. The van der Waals surface area contributed by atoms with Crippen LogP contribution in [0.1, 0.15) is 23.8 Å². The zero-order valence-electron chi connectivity index (χ0n) is 13.1. The minimum atomic E-state index is 0.214. The summed E-state index contributed by atoms with van der Waals surface area (Å²) in [5.41, 5.74) is 3.47. The summed E-state index contributed by atoms with van der Waals surface area (Å²) in [5.74, 6) is 0.525. The van der Waals surface area contributed by atoms with Gasteiger partial charge >= 0.3 is 0 Å². The van der Waals surface area contributed by atoms with E-state index in [1.54, 1.807) is 0 Å². The second kappa shape index (κ2) is 6.52. The maximum atomic E-state index is 5.95. The van der Waals surface area contributed by atoms with E-state index >= 15 is 0 Å². The van der Waals surface area contributed by atoms with Crippen LogP contribution in [-0.4, -0.2) is 22.5 Å². The second-order valence-electron chi connectivity index (χ2n) is 6.06. The fraction of sp³-hybridized carbons (Fsp3) is 0.316. The third kappa shape index (κ3) is 3.00. The SMILES string of the molecule is c1ccc([C@H]2OCC[C@@H]2CNCc2cnc3ccccn23)cc1. The largest absolute Gasteiger partial charge is 0.373 e. The van der Waals surface area contributed by atoms with Gasteiger partial charge in [-0.25, -0.2) is 4.98 Å². The highest BCUT2D eigenvalue weighted by Gasteiger charge is 2.29. The van der Waals surface area contributed by atoms with Gasteiger partial charge in [-0.05, 0) is 24.1 Å². The quantitative estimate of drug-likeness (QED) is 0.786. The Hall–Kier alpha value is -2.17. The molecule has 4 rings (SSSR count). The molecule has 0 amide bonds. The van der Waals surface area contributed by atoms with Crippen molar-refractivity contribution >= 4 is 5.65 Å². The first-order valence-electron chi connectivity index (χ1n) is 8.20. The van der Waals surface area contributed by atoms with E-state index in [9.17, 15) is 0 Å². The number of aromatic nitrogens is 2. The van der Waals surface area contributed by atoms with Gasteiger partial charge in [0.1, 0.15) is 5.65 Å². The number of pyridine rings is 1. The van der Waals surface area contributed by atoms with Crippen LogP contribution in [0.15, 0.2) is 60.9 Å². The van der Waals surface area contributed by atoms with Gasteiger partial charge in [-0.3, -0.25) is 0 Å². The molecule has 2 atom stereocenters. The molecule has 1 aliphatic rings. The fourth-order valence-corrected chi connectivity index (χ4v) is 3.36. The van der Waals surface area contributed by atoms with Gasteiger partial charge in [0.05, 0.1) is 18.0 Å². The molecule has 0 bridgehead atoms. The van der Waals surface area contributed by atoms with Crippen LogP contribution in [0.25, 0.3) is 5.65 Å². The van der Waals surface area contributed by atoms with Crippen molar-refractivity contribution in [3.8, 4) is 0 Å². The Labute approximate surface area is 136 Å².